The van der Waals surface area contributed by atoms with Crippen LogP contribution in [0.5, 0.6) is 0 Å². The van der Waals surface area contributed by atoms with Crippen molar-refractivity contribution in [3.8, 4) is 0 Å². The lowest BCUT2D eigenvalue weighted by molar-refractivity contribution is 0.542. The summed E-state index contributed by atoms with van der Waals surface area (Å²) in [5, 5.41) is 7.89. The zero-order valence-corrected chi connectivity index (χ0v) is 9.87. The van der Waals surface area contributed by atoms with Gasteiger partial charge in [0, 0.05) is 6.20 Å². The molecule has 0 saturated heterocycles. The van der Waals surface area contributed by atoms with E-state index in [1.807, 2.05) is 22.6 Å². The molecule has 0 fully saturated rings. The Morgan fingerprint density at radius 1 is 1.60 bits per heavy atom. The molecule has 1 atom stereocenters. The van der Waals surface area contributed by atoms with Crippen LogP contribution < -0.4 is 0 Å². The van der Waals surface area contributed by atoms with Crippen LogP contribution in [-0.4, -0.2) is 20.7 Å². The minimum atomic E-state index is 0.292. The van der Waals surface area contributed by atoms with Gasteiger partial charge in [-0.2, -0.15) is 0 Å². The van der Waals surface area contributed by atoms with Crippen LogP contribution in [0.15, 0.2) is 35.0 Å². The Morgan fingerprint density at radius 2 is 2.47 bits per heavy atom. The molecule has 0 saturated carbocycles. The van der Waals surface area contributed by atoms with Gasteiger partial charge in [0.05, 0.1) is 12.2 Å². The van der Waals surface area contributed by atoms with Crippen LogP contribution in [0.4, 0.5) is 0 Å². The highest BCUT2D eigenvalue weighted by Gasteiger charge is 2.17. The fraction of sp³-hybridized carbons (Fsp3) is 0.455. The highest BCUT2D eigenvalue weighted by molar-refractivity contribution is 8.03. The fourth-order valence-corrected chi connectivity index (χ4v) is 2.73. The number of aromatic nitrogens is 3. The smallest absolute Gasteiger partial charge is 0.0765 e. The Kier molecular flexibility index (Phi) is 3.26. The molecule has 0 spiro atoms. The molecule has 2 rings (SSSR count). The maximum absolute atomic E-state index is 4.04. The first-order valence-electron chi connectivity index (χ1n) is 5.21. The lowest BCUT2D eigenvalue weighted by Gasteiger charge is -2.14. The Morgan fingerprint density at radius 3 is 3.13 bits per heavy atom. The first kappa shape index (κ1) is 10.5. The van der Waals surface area contributed by atoms with E-state index in [-0.39, 0.29) is 0 Å². The molecule has 0 aromatic carbocycles. The van der Waals surface area contributed by atoms with E-state index < -0.39 is 0 Å². The molecule has 0 N–H and O–H groups in total. The van der Waals surface area contributed by atoms with E-state index in [4.69, 9.17) is 0 Å². The lowest BCUT2D eigenvalue weighted by atomic mass is 10.1. The van der Waals surface area contributed by atoms with Gasteiger partial charge in [0.15, 0.2) is 0 Å². The minimum Gasteiger partial charge on any atom is -0.245 e. The van der Waals surface area contributed by atoms with Gasteiger partial charge < -0.3 is 0 Å². The van der Waals surface area contributed by atoms with Gasteiger partial charge in [0.25, 0.3) is 0 Å². The summed E-state index contributed by atoms with van der Waals surface area (Å²) in [4.78, 5) is 1.47. The number of thioether (sulfide) groups is 1. The molecule has 1 aromatic heterocycles. The maximum Gasteiger partial charge on any atom is 0.0765 e. The fourth-order valence-electron chi connectivity index (χ4n) is 1.76. The third-order valence-electron chi connectivity index (χ3n) is 2.53. The molecule has 0 aliphatic heterocycles. The average molecular weight is 221 g/mol. The monoisotopic (exact) mass is 221 g/mol. The highest BCUT2D eigenvalue weighted by Crippen LogP contribution is 2.34. The number of nitrogens with zero attached hydrogens (tertiary/aromatic N) is 3. The maximum atomic E-state index is 4.04. The summed E-state index contributed by atoms with van der Waals surface area (Å²) in [5.41, 5.74) is 1.38. The van der Waals surface area contributed by atoms with Gasteiger partial charge >= 0.3 is 0 Å². The van der Waals surface area contributed by atoms with Gasteiger partial charge in [-0.05, 0) is 29.6 Å². The molecule has 80 valence electrons. The molecule has 4 heteroatoms. The molecule has 1 heterocycles. The van der Waals surface area contributed by atoms with Gasteiger partial charge in [-0.1, -0.05) is 24.3 Å². The van der Waals surface area contributed by atoms with Gasteiger partial charge in [0.1, 0.15) is 0 Å². The summed E-state index contributed by atoms with van der Waals surface area (Å²) in [5.74, 6) is 1.13. The molecule has 0 amide bonds. The van der Waals surface area contributed by atoms with E-state index >= 15 is 0 Å². The van der Waals surface area contributed by atoms with Crippen LogP contribution in [-0.2, 0) is 0 Å². The Hall–Kier alpha value is -1.03. The Labute approximate surface area is 94.2 Å². The topological polar surface area (TPSA) is 30.7 Å². The van der Waals surface area contributed by atoms with E-state index in [2.05, 4.69) is 36.3 Å². The predicted molar refractivity (Wildman–Crippen MR) is 63.6 cm³/mol. The first-order chi connectivity index (χ1) is 7.33. The standard InChI is InChI=1S/C11H15N3S/c1-3-15-11-6-4-5-10(11)9(2)14-8-7-12-13-14/h4-5,7-9H,3,6H2,1-2H3/t9-/m0/s1. The van der Waals surface area contributed by atoms with Crippen molar-refractivity contribution in [2.75, 3.05) is 5.75 Å². The predicted octanol–water partition coefficient (Wildman–Crippen LogP) is 2.81. The quantitative estimate of drug-likeness (QED) is 0.783. The Bertz CT molecular complexity index is 379. The second kappa shape index (κ2) is 4.66. The average Bonchev–Trinajstić information content (AvgIpc) is 2.87. The van der Waals surface area contributed by atoms with Crippen molar-refractivity contribution in [1.82, 2.24) is 15.0 Å². The van der Waals surface area contributed by atoms with Crippen molar-refractivity contribution in [3.63, 3.8) is 0 Å². The number of hydrogen-bond donors (Lipinski definition) is 0. The molecule has 0 bridgehead atoms. The third-order valence-corrected chi connectivity index (χ3v) is 3.57. The Balaban J connectivity index is 2.21. The van der Waals surface area contributed by atoms with Crippen molar-refractivity contribution in [1.29, 1.82) is 0 Å². The molecule has 0 unspecified atom stereocenters. The third kappa shape index (κ3) is 2.15. The van der Waals surface area contributed by atoms with E-state index in [1.165, 1.54) is 10.5 Å². The van der Waals surface area contributed by atoms with Gasteiger partial charge in [0.2, 0.25) is 0 Å². The highest BCUT2D eigenvalue weighted by atomic mass is 32.2. The zero-order valence-electron chi connectivity index (χ0n) is 9.05. The van der Waals surface area contributed by atoms with E-state index in [0.717, 1.165) is 12.2 Å². The van der Waals surface area contributed by atoms with E-state index in [0.29, 0.717) is 6.04 Å². The van der Waals surface area contributed by atoms with Crippen LogP contribution in [0.25, 0.3) is 0 Å². The number of hydrogen-bond acceptors (Lipinski definition) is 3. The van der Waals surface area contributed by atoms with Crippen LogP contribution in [0, 0.1) is 0 Å². The summed E-state index contributed by atoms with van der Waals surface area (Å²) in [7, 11) is 0. The molecule has 0 radical (unpaired) electrons. The van der Waals surface area contributed by atoms with Crippen molar-refractivity contribution < 1.29 is 0 Å². The largest absolute Gasteiger partial charge is 0.245 e. The SMILES string of the molecule is CCSC1=C([C@H](C)n2ccnn2)C=CC1. The molecule has 1 aliphatic rings. The number of rotatable bonds is 4. The van der Waals surface area contributed by atoms with Crippen LogP contribution in [0.3, 0.4) is 0 Å². The molecule has 1 aromatic rings. The zero-order chi connectivity index (χ0) is 10.7. The van der Waals surface area contributed by atoms with Crippen LogP contribution in [0.1, 0.15) is 26.3 Å². The summed E-state index contributed by atoms with van der Waals surface area (Å²) in [6.45, 7) is 4.35. The van der Waals surface area contributed by atoms with E-state index in [9.17, 15) is 0 Å². The normalized spacial score (nSPS) is 17.5. The lowest BCUT2D eigenvalue weighted by Crippen LogP contribution is -2.08. The van der Waals surface area contributed by atoms with Crippen molar-refractivity contribution in [2.24, 2.45) is 0 Å². The molecular weight excluding hydrogens is 206 g/mol. The van der Waals surface area contributed by atoms with Crippen LogP contribution >= 0.6 is 11.8 Å². The van der Waals surface area contributed by atoms with Crippen molar-refractivity contribution in [2.45, 2.75) is 26.3 Å². The molecule has 1 aliphatic carbocycles. The second-order valence-electron chi connectivity index (χ2n) is 3.48. The van der Waals surface area contributed by atoms with Gasteiger partial charge in [-0.3, -0.25) is 0 Å². The van der Waals surface area contributed by atoms with Crippen molar-refractivity contribution >= 4 is 11.8 Å². The number of allylic oxidation sites excluding steroid dienone is 4. The summed E-state index contributed by atoms with van der Waals surface area (Å²) < 4.78 is 1.90. The second-order valence-corrected chi connectivity index (χ2v) is 4.84. The summed E-state index contributed by atoms with van der Waals surface area (Å²) in [6.07, 6.45) is 9.15. The molecule has 3 nitrogen and oxygen atoms in total. The van der Waals surface area contributed by atoms with Gasteiger partial charge in [-0.25, -0.2) is 4.68 Å². The molecular formula is C11H15N3S. The summed E-state index contributed by atoms with van der Waals surface area (Å²) >= 11 is 1.93. The summed E-state index contributed by atoms with van der Waals surface area (Å²) in [6, 6.07) is 0.292. The minimum absolute atomic E-state index is 0.292. The first-order valence-corrected chi connectivity index (χ1v) is 6.19. The molecule has 15 heavy (non-hydrogen) atoms. The van der Waals surface area contributed by atoms with E-state index in [1.54, 1.807) is 6.20 Å². The van der Waals surface area contributed by atoms with Gasteiger partial charge in [-0.15, -0.1) is 16.9 Å². The van der Waals surface area contributed by atoms with Crippen molar-refractivity contribution in [3.05, 3.63) is 35.0 Å². The van der Waals surface area contributed by atoms with Crippen LogP contribution in [0.2, 0.25) is 0 Å².